The molecule has 5 heteroatoms. The van der Waals surface area contributed by atoms with Gasteiger partial charge in [0.15, 0.2) is 0 Å². The molecule has 0 amide bonds. The Morgan fingerprint density at radius 1 is 1.37 bits per heavy atom. The third kappa shape index (κ3) is 3.53. The highest BCUT2D eigenvalue weighted by molar-refractivity contribution is 5.89. The monoisotopic (exact) mass is 265 g/mol. The molecule has 0 aliphatic carbocycles. The minimum atomic E-state index is -0.529. The molecular formula is C14H19NO4. The van der Waals surface area contributed by atoms with E-state index in [0.717, 1.165) is 0 Å². The maximum atomic E-state index is 12.0. The summed E-state index contributed by atoms with van der Waals surface area (Å²) >= 11 is 0. The Labute approximate surface area is 112 Å². The van der Waals surface area contributed by atoms with E-state index in [1.165, 1.54) is 24.3 Å². The number of nitrogens with zero attached hydrogens (tertiary/aromatic N) is 1. The first kappa shape index (κ1) is 15.1. The molecule has 104 valence electrons. The van der Waals surface area contributed by atoms with Crippen LogP contribution in [-0.4, -0.2) is 16.5 Å². The van der Waals surface area contributed by atoms with E-state index in [4.69, 9.17) is 4.74 Å². The second-order valence-electron chi connectivity index (χ2n) is 5.01. The second kappa shape index (κ2) is 5.82. The summed E-state index contributed by atoms with van der Waals surface area (Å²) in [5, 5.41) is 10.5. The summed E-state index contributed by atoms with van der Waals surface area (Å²) in [6.07, 6.45) is 0.712. The number of nitro benzene ring substituents is 1. The van der Waals surface area contributed by atoms with E-state index in [1.54, 1.807) is 0 Å². The molecule has 0 heterocycles. The minimum Gasteiger partial charge on any atom is -0.456 e. The van der Waals surface area contributed by atoms with Crippen molar-refractivity contribution >= 4 is 11.7 Å². The standard InChI is InChI=1S/C14H19NO4/c1-5-14(4,10(2)3)19-13(16)11-6-8-12(9-7-11)15(17)18/h6-10H,5H2,1-4H3. The lowest BCUT2D eigenvalue weighted by Gasteiger charge is -2.32. The first-order chi connectivity index (χ1) is 8.80. The van der Waals surface area contributed by atoms with Crippen LogP contribution < -0.4 is 0 Å². The topological polar surface area (TPSA) is 69.4 Å². The van der Waals surface area contributed by atoms with Gasteiger partial charge < -0.3 is 4.74 Å². The third-order valence-electron chi connectivity index (χ3n) is 3.56. The van der Waals surface area contributed by atoms with Crippen molar-refractivity contribution in [2.45, 2.75) is 39.7 Å². The van der Waals surface area contributed by atoms with Crippen LogP contribution in [0.4, 0.5) is 5.69 Å². The Hall–Kier alpha value is -1.91. The van der Waals surface area contributed by atoms with Gasteiger partial charge in [-0.25, -0.2) is 4.79 Å². The van der Waals surface area contributed by atoms with Crippen LogP contribution in [-0.2, 0) is 4.74 Å². The van der Waals surface area contributed by atoms with Crippen molar-refractivity contribution in [2.75, 3.05) is 0 Å². The van der Waals surface area contributed by atoms with E-state index in [2.05, 4.69) is 0 Å². The number of hydrogen-bond acceptors (Lipinski definition) is 4. The maximum absolute atomic E-state index is 12.0. The molecule has 0 aliphatic heterocycles. The summed E-state index contributed by atoms with van der Waals surface area (Å²) in [5.74, 6) is -0.257. The predicted molar refractivity (Wildman–Crippen MR) is 72.0 cm³/mol. The Kier molecular flexibility index (Phi) is 4.64. The third-order valence-corrected chi connectivity index (χ3v) is 3.56. The summed E-state index contributed by atoms with van der Waals surface area (Å²) in [6.45, 7) is 7.84. The molecule has 0 bridgehead atoms. The number of rotatable bonds is 5. The molecule has 1 atom stereocenters. The van der Waals surface area contributed by atoms with Gasteiger partial charge in [-0.3, -0.25) is 10.1 Å². The lowest BCUT2D eigenvalue weighted by Crippen LogP contribution is -2.36. The molecule has 1 unspecified atom stereocenters. The first-order valence-corrected chi connectivity index (χ1v) is 6.28. The molecule has 1 aromatic rings. The summed E-state index contributed by atoms with van der Waals surface area (Å²) in [4.78, 5) is 22.0. The summed E-state index contributed by atoms with van der Waals surface area (Å²) in [5.41, 5.74) is -0.247. The quantitative estimate of drug-likeness (QED) is 0.463. The summed E-state index contributed by atoms with van der Waals surface area (Å²) in [6, 6.07) is 5.43. The minimum absolute atomic E-state index is 0.0429. The van der Waals surface area contributed by atoms with Crippen molar-refractivity contribution in [3.05, 3.63) is 39.9 Å². The lowest BCUT2D eigenvalue weighted by molar-refractivity contribution is -0.384. The number of benzene rings is 1. The SMILES string of the molecule is CCC(C)(OC(=O)c1ccc([N+](=O)[O-])cc1)C(C)C. The van der Waals surface area contributed by atoms with Gasteiger partial charge in [-0.05, 0) is 31.4 Å². The zero-order chi connectivity index (χ0) is 14.6. The fourth-order valence-electron chi connectivity index (χ4n) is 1.59. The van der Waals surface area contributed by atoms with Crippen molar-refractivity contribution in [3.8, 4) is 0 Å². The van der Waals surface area contributed by atoms with Gasteiger partial charge in [0.05, 0.1) is 10.5 Å². The Bertz CT molecular complexity index is 467. The molecule has 0 spiro atoms. The maximum Gasteiger partial charge on any atom is 0.338 e. The van der Waals surface area contributed by atoms with E-state index in [1.807, 2.05) is 27.7 Å². The van der Waals surface area contributed by atoms with Gasteiger partial charge in [0, 0.05) is 12.1 Å². The van der Waals surface area contributed by atoms with Gasteiger partial charge in [0.25, 0.3) is 5.69 Å². The lowest BCUT2D eigenvalue weighted by atomic mass is 9.89. The van der Waals surface area contributed by atoms with Crippen LogP contribution in [0.25, 0.3) is 0 Å². The van der Waals surface area contributed by atoms with Crippen molar-refractivity contribution in [3.63, 3.8) is 0 Å². The highest BCUT2D eigenvalue weighted by Crippen LogP contribution is 2.26. The fourth-order valence-corrected chi connectivity index (χ4v) is 1.59. The van der Waals surface area contributed by atoms with E-state index in [-0.39, 0.29) is 11.6 Å². The van der Waals surface area contributed by atoms with Crippen molar-refractivity contribution < 1.29 is 14.5 Å². The normalized spacial score (nSPS) is 13.9. The van der Waals surface area contributed by atoms with E-state index < -0.39 is 16.5 Å². The van der Waals surface area contributed by atoms with E-state index in [0.29, 0.717) is 12.0 Å². The summed E-state index contributed by atoms with van der Waals surface area (Å²) in [7, 11) is 0. The number of hydrogen-bond donors (Lipinski definition) is 0. The Balaban J connectivity index is 2.86. The van der Waals surface area contributed by atoms with Gasteiger partial charge in [-0.1, -0.05) is 20.8 Å². The highest BCUT2D eigenvalue weighted by atomic mass is 16.6. The summed E-state index contributed by atoms with van der Waals surface area (Å²) < 4.78 is 5.53. The molecule has 0 radical (unpaired) electrons. The predicted octanol–water partition coefficient (Wildman–Crippen LogP) is 3.58. The number of nitro groups is 1. The van der Waals surface area contributed by atoms with Crippen LogP contribution in [0.5, 0.6) is 0 Å². The van der Waals surface area contributed by atoms with Crippen LogP contribution in [0.3, 0.4) is 0 Å². The van der Waals surface area contributed by atoms with Crippen LogP contribution in [0.15, 0.2) is 24.3 Å². The Morgan fingerprint density at radius 3 is 2.26 bits per heavy atom. The van der Waals surface area contributed by atoms with Gasteiger partial charge in [0.2, 0.25) is 0 Å². The second-order valence-corrected chi connectivity index (χ2v) is 5.01. The van der Waals surface area contributed by atoms with Gasteiger partial charge in [-0.15, -0.1) is 0 Å². The van der Waals surface area contributed by atoms with Crippen molar-refractivity contribution in [1.82, 2.24) is 0 Å². The number of carbonyl (C=O) groups excluding carboxylic acids is 1. The molecule has 5 nitrogen and oxygen atoms in total. The Morgan fingerprint density at radius 2 is 1.89 bits per heavy atom. The zero-order valence-corrected chi connectivity index (χ0v) is 11.7. The van der Waals surface area contributed by atoms with Crippen LogP contribution in [0.2, 0.25) is 0 Å². The van der Waals surface area contributed by atoms with Gasteiger partial charge in [0.1, 0.15) is 5.60 Å². The molecule has 0 saturated carbocycles. The first-order valence-electron chi connectivity index (χ1n) is 6.28. The number of ether oxygens (including phenoxy) is 1. The molecule has 1 rings (SSSR count). The molecule has 0 aromatic heterocycles. The van der Waals surface area contributed by atoms with Gasteiger partial charge in [-0.2, -0.15) is 0 Å². The van der Waals surface area contributed by atoms with Gasteiger partial charge >= 0.3 is 5.97 Å². The molecule has 0 aliphatic rings. The largest absolute Gasteiger partial charge is 0.456 e. The number of esters is 1. The van der Waals surface area contributed by atoms with Crippen LogP contribution in [0.1, 0.15) is 44.5 Å². The zero-order valence-electron chi connectivity index (χ0n) is 11.7. The molecule has 0 fully saturated rings. The molecule has 1 aromatic carbocycles. The van der Waals surface area contributed by atoms with E-state index in [9.17, 15) is 14.9 Å². The smallest absolute Gasteiger partial charge is 0.338 e. The molecule has 0 saturated heterocycles. The van der Waals surface area contributed by atoms with Crippen LogP contribution >= 0.6 is 0 Å². The van der Waals surface area contributed by atoms with Crippen molar-refractivity contribution in [2.24, 2.45) is 5.92 Å². The molecular weight excluding hydrogens is 246 g/mol. The average molecular weight is 265 g/mol. The fraction of sp³-hybridized carbons (Fsp3) is 0.500. The average Bonchev–Trinajstić information content (AvgIpc) is 2.38. The number of non-ortho nitro benzene ring substituents is 1. The highest BCUT2D eigenvalue weighted by Gasteiger charge is 2.31. The molecule has 19 heavy (non-hydrogen) atoms. The number of carbonyl (C=O) groups is 1. The van der Waals surface area contributed by atoms with Crippen molar-refractivity contribution in [1.29, 1.82) is 0 Å². The van der Waals surface area contributed by atoms with Crippen LogP contribution in [0, 0.1) is 16.0 Å². The molecule has 0 N–H and O–H groups in total. The van der Waals surface area contributed by atoms with E-state index >= 15 is 0 Å².